The molecule has 0 amide bonds. The van der Waals surface area contributed by atoms with Crippen molar-refractivity contribution in [2.45, 2.75) is 5.03 Å². The number of hydrogen-bond acceptors (Lipinski definition) is 2. The monoisotopic (exact) mass is 247 g/mol. The van der Waals surface area contributed by atoms with Gasteiger partial charge < -0.3 is 0 Å². The molecule has 0 radical (unpaired) electrons. The van der Waals surface area contributed by atoms with Crippen molar-refractivity contribution >= 4 is 42.2 Å². The Kier molecular flexibility index (Phi) is 1.39. The van der Waals surface area contributed by atoms with E-state index in [1.54, 1.807) is 22.8 Å². The zero-order valence-electron chi connectivity index (χ0n) is 6.66. The van der Waals surface area contributed by atoms with Crippen LogP contribution in [0.25, 0.3) is 16.6 Å². The Morgan fingerprint density at radius 3 is 2.64 bits per heavy atom. The average molecular weight is 248 g/mol. The van der Waals surface area contributed by atoms with Gasteiger partial charge in [0.2, 0.25) is 0 Å². The summed E-state index contributed by atoms with van der Waals surface area (Å²) in [6.07, 6.45) is 0. The largest absolute Gasteiger partial charge is 0.294 e. The fourth-order valence-corrected chi connectivity index (χ4v) is 3.06. The third kappa shape index (κ3) is 0.908. The molecule has 0 bridgehead atoms. The van der Waals surface area contributed by atoms with Crippen LogP contribution in [0.3, 0.4) is 0 Å². The van der Waals surface area contributed by atoms with Crippen LogP contribution in [0.5, 0.6) is 0 Å². The van der Waals surface area contributed by atoms with E-state index in [0.717, 1.165) is 10.9 Å². The summed E-state index contributed by atoms with van der Waals surface area (Å²) in [6.45, 7) is 0. The molecule has 14 heavy (non-hydrogen) atoms. The molecule has 2 heterocycles. The maximum Gasteiger partial charge on any atom is 0.279 e. The summed E-state index contributed by atoms with van der Waals surface area (Å²) in [7, 11) is 1.62. The zero-order valence-corrected chi connectivity index (χ0v) is 8.99. The number of halogens is 2. The fourth-order valence-electron chi connectivity index (χ4n) is 1.68. The highest BCUT2D eigenvalue weighted by atomic mass is 35.7. The standard InChI is InChI=1S/C8H3Cl2NO2S/c9-4-1-2-5-6(3-4)11-7(5)8(11)14(10,12)13/h1-3H. The van der Waals surface area contributed by atoms with Gasteiger partial charge in [-0.05, 0) is 18.2 Å². The minimum absolute atomic E-state index is 0.191. The number of nitrogens with zero attached hydrogens (tertiary/aromatic N) is 1. The van der Waals surface area contributed by atoms with E-state index in [-0.39, 0.29) is 5.03 Å². The molecule has 1 aromatic carbocycles. The summed E-state index contributed by atoms with van der Waals surface area (Å²) < 4.78 is 23.7. The van der Waals surface area contributed by atoms with Crippen molar-refractivity contribution in [3.8, 4) is 5.69 Å². The molecule has 2 aliphatic rings. The van der Waals surface area contributed by atoms with Crippen LogP contribution in [-0.2, 0) is 9.05 Å². The molecule has 0 aromatic heterocycles. The molecule has 0 unspecified atom stereocenters. The van der Waals surface area contributed by atoms with Gasteiger partial charge in [0.1, 0.15) is 0 Å². The van der Waals surface area contributed by atoms with Gasteiger partial charge in [0, 0.05) is 21.1 Å². The van der Waals surface area contributed by atoms with E-state index in [1.807, 2.05) is 0 Å². The lowest BCUT2D eigenvalue weighted by Crippen LogP contribution is -1.87. The first kappa shape index (κ1) is 8.59. The molecule has 0 spiro atoms. The molecule has 0 aliphatic carbocycles. The maximum atomic E-state index is 11.0. The first-order chi connectivity index (χ1) is 6.50. The van der Waals surface area contributed by atoms with Gasteiger partial charge in [-0.15, -0.1) is 0 Å². The number of fused-ring (bicyclic) bond motifs is 4. The number of hydrogen-bond donors (Lipinski definition) is 0. The summed E-state index contributed by atoms with van der Waals surface area (Å²) >= 11 is 5.77. The SMILES string of the molecule is O=S(=O)(Cl)c1c2c3ccc(Cl)cc3n1-2. The average Bonchev–Trinajstić information content (AvgIpc) is 2.71. The number of rotatable bonds is 1. The van der Waals surface area contributed by atoms with Crippen molar-refractivity contribution < 1.29 is 8.42 Å². The van der Waals surface area contributed by atoms with Crippen LogP contribution in [0, 0.1) is 0 Å². The van der Waals surface area contributed by atoms with Gasteiger partial charge in [0.25, 0.3) is 9.05 Å². The molecule has 0 saturated heterocycles. The molecule has 0 N–H and O–H groups in total. The van der Waals surface area contributed by atoms with Crippen LogP contribution in [0.2, 0.25) is 5.02 Å². The molecule has 6 heteroatoms. The van der Waals surface area contributed by atoms with E-state index in [9.17, 15) is 8.42 Å². The maximum absolute atomic E-state index is 11.0. The topological polar surface area (TPSA) is 39.1 Å². The van der Waals surface area contributed by atoms with Gasteiger partial charge in [0.05, 0.1) is 11.2 Å². The summed E-state index contributed by atoms with van der Waals surface area (Å²) in [5.74, 6) is 0. The predicted molar refractivity (Wildman–Crippen MR) is 54.9 cm³/mol. The Labute approximate surface area is 89.3 Å². The number of benzene rings is 1. The van der Waals surface area contributed by atoms with Crippen LogP contribution in [-0.4, -0.2) is 13.0 Å². The Bertz CT molecular complexity index is 672. The van der Waals surface area contributed by atoms with Crippen molar-refractivity contribution in [1.29, 1.82) is 0 Å². The highest BCUT2D eigenvalue weighted by molar-refractivity contribution is 8.14. The third-order valence-electron chi connectivity index (χ3n) is 2.27. The van der Waals surface area contributed by atoms with Gasteiger partial charge in [-0.1, -0.05) is 11.6 Å². The van der Waals surface area contributed by atoms with Crippen molar-refractivity contribution in [1.82, 2.24) is 4.57 Å². The first-order valence-corrected chi connectivity index (χ1v) is 6.48. The van der Waals surface area contributed by atoms with Gasteiger partial charge in [-0.2, -0.15) is 0 Å². The molecule has 3 nitrogen and oxygen atoms in total. The lowest BCUT2D eigenvalue weighted by Gasteiger charge is -2.03. The smallest absolute Gasteiger partial charge is 0.279 e. The Morgan fingerprint density at radius 1 is 1.29 bits per heavy atom. The van der Waals surface area contributed by atoms with Crippen LogP contribution in [0.4, 0.5) is 0 Å². The Balaban J connectivity index is 2.37. The van der Waals surface area contributed by atoms with Crippen LogP contribution >= 0.6 is 22.3 Å². The van der Waals surface area contributed by atoms with Gasteiger partial charge in [-0.25, -0.2) is 8.42 Å². The summed E-state index contributed by atoms with van der Waals surface area (Å²) in [6, 6.07) is 5.23. The minimum atomic E-state index is -3.61. The molecule has 3 rings (SSSR count). The highest BCUT2D eigenvalue weighted by Gasteiger charge is 2.40. The minimum Gasteiger partial charge on any atom is -0.294 e. The molecular formula is C8H3Cl2NO2S. The second-order valence-corrected chi connectivity index (χ2v) is 6.01. The third-order valence-corrected chi connectivity index (χ3v) is 3.78. The molecule has 0 fully saturated rings. The van der Waals surface area contributed by atoms with Crippen LogP contribution in [0.15, 0.2) is 23.2 Å². The fraction of sp³-hybridized carbons (Fsp3) is 0. The van der Waals surface area contributed by atoms with E-state index < -0.39 is 9.05 Å². The Morgan fingerprint density at radius 2 is 2.00 bits per heavy atom. The molecule has 0 saturated carbocycles. The lowest BCUT2D eigenvalue weighted by molar-refractivity contribution is 0.610. The molecule has 0 atom stereocenters. The molecule has 2 aliphatic heterocycles. The molecule has 72 valence electrons. The highest BCUT2D eigenvalue weighted by Crippen LogP contribution is 2.49. The zero-order chi connectivity index (χ0) is 10.1. The number of aromatic nitrogens is 1. The van der Waals surface area contributed by atoms with E-state index >= 15 is 0 Å². The molecular weight excluding hydrogens is 245 g/mol. The second kappa shape index (κ2) is 2.27. The van der Waals surface area contributed by atoms with Gasteiger partial charge in [-0.3, -0.25) is 4.57 Å². The van der Waals surface area contributed by atoms with E-state index in [4.69, 9.17) is 22.3 Å². The first-order valence-electron chi connectivity index (χ1n) is 3.79. The summed E-state index contributed by atoms with van der Waals surface area (Å²) in [5.41, 5.74) is 1.51. The lowest BCUT2D eigenvalue weighted by atomic mass is 10.2. The van der Waals surface area contributed by atoms with Gasteiger partial charge in [0.15, 0.2) is 5.03 Å². The summed E-state index contributed by atoms with van der Waals surface area (Å²) in [4.78, 5) is 0. The summed E-state index contributed by atoms with van der Waals surface area (Å²) in [5, 5.41) is 1.67. The van der Waals surface area contributed by atoms with Crippen molar-refractivity contribution in [2.24, 2.45) is 0 Å². The van der Waals surface area contributed by atoms with Crippen molar-refractivity contribution in [3.05, 3.63) is 23.2 Å². The van der Waals surface area contributed by atoms with E-state index in [0.29, 0.717) is 10.7 Å². The van der Waals surface area contributed by atoms with E-state index in [2.05, 4.69) is 0 Å². The second-order valence-electron chi connectivity index (χ2n) is 3.09. The predicted octanol–water partition coefficient (Wildman–Crippen LogP) is 2.52. The van der Waals surface area contributed by atoms with Crippen molar-refractivity contribution in [2.75, 3.05) is 0 Å². The normalized spacial score (nSPS) is 13.6. The van der Waals surface area contributed by atoms with E-state index in [1.165, 1.54) is 0 Å². The van der Waals surface area contributed by atoms with Crippen LogP contribution < -0.4 is 0 Å². The molecule has 1 aromatic rings. The quantitative estimate of drug-likeness (QED) is 0.620. The van der Waals surface area contributed by atoms with Crippen molar-refractivity contribution in [3.63, 3.8) is 0 Å². The van der Waals surface area contributed by atoms with Crippen LogP contribution in [0.1, 0.15) is 0 Å². The Hall–Kier alpha value is -0.710. The van der Waals surface area contributed by atoms with Gasteiger partial charge >= 0.3 is 0 Å².